The normalized spacial score (nSPS) is 28.2. The van der Waals surface area contributed by atoms with Gasteiger partial charge in [-0.15, -0.1) is 0 Å². The standard InChI is InChI=1S/C14H26N4O11P2/c1-18(2,3)6-7-26-30(22,23)29-31(24,25)27-8-9-11(19)12(20)13(28-9)17-5-4-10(15)16-14(17)21/h4-5,9,11-13,19-20H,6-8H2,1-3H3,(H3-,15,16,21,22,23,24,25)/p+1/t9-,11-,12-,13-/m1/s1. The summed E-state index contributed by atoms with van der Waals surface area (Å²) in [5.74, 6) is -0.0652. The summed E-state index contributed by atoms with van der Waals surface area (Å²) in [4.78, 5) is 34.7. The lowest BCUT2D eigenvalue weighted by Crippen LogP contribution is -2.37. The Morgan fingerprint density at radius 3 is 2.39 bits per heavy atom. The maximum Gasteiger partial charge on any atom is 0.481 e. The van der Waals surface area contributed by atoms with Crippen molar-refractivity contribution in [3.8, 4) is 0 Å². The average molecular weight is 489 g/mol. The van der Waals surface area contributed by atoms with Crippen LogP contribution < -0.4 is 11.4 Å². The van der Waals surface area contributed by atoms with Crippen LogP contribution in [0.4, 0.5) is 5.82 Å². The van der Waals surface area contributed by atoms with E-state index in [1.165, 1.54) is 12.3 Å². The number of phosphoric ester groups is 2. The lowest BCUT2D eigenvalue weighted by atomic mass is 10.1. The van der Waals surface area contributed by atoms with E-state index in [9.17, 15) is 33.9 Å². The first-order chi connectivity index (χ1) is 14.1. The van der Waals surface area contributed by atoms with Gasteiger partial charge in [0.05, 0.1) is 27.7 Å². The molecule has 2 unspecified atom stereocenters. The molecule has 6 N–H and O–H groups in total. The van der Waals surface area contributed by atoms with Crippen LogP contribution in [0.3, 0.4) is 0 Å². The lowest BCUT2D eigenvalue weighted by Gasteiger charge is -2.24. The van der Waals surface area contributed by atoms with Gasteiger partial charge < -0.3 is 35.0 Å². The number of hydrogen-bond acceptors (Lipinski definition) is 11. The number of aromatic nitrogens is 2. The fourth-order valence-corrected chi connectivity index (χ4v) is 4.56. The van der Waals surface area contributed by atoms with Crippen molar-refractivity contribution in [2.75, 3.05) is 46.6 Å². The number of nitrogens with two attached hydrogens (primary N) is 1. The van der Waals surface area contributed by atoms with Crippen LogP contribution in [0.25, 0.3) is 0 Å². The Bertz CT molecular complexity index is 920. The van der Waals surface area contributed by atoms with Gasteiger partial charge in [0.1, 0.15) is 37.3 Å². The van der Waals surface area contributed by atoms with Crippen LogP contribution in [0, 0.1) is 0 Å². The van der Waals surface area contributed by atoms with E-state index < -0.39 is 52.5 Å². The highest BCUT2D eigenvalue weighted by atomic mass is 31.3. The Balaban J connectivity index is 1.96. The zero-order valence-electron chi connectivity index (χ0n) is 17.0. The molecule has 15 nitrogen and oxygen atoms in total. The zero-order valence-corrected chi connectivity index (χ0v) is 18.8. The second-order valence-electron chi connectivity index (χ2n) is 7.75. The summed E-state index contributed by atoms with van der Waals surface area (Å²) in [5, 5.41) is 20.2. The molecule has 0 spiro atoms. The first-order valence-electron chi connectivity index (χ1n) is 8.93. The number of phosphoric acid groups is 2. The maximum atomic E-state index is 12.0. The van der Waals surface area contributed by atoms with Gasteiger partial charge in [-0.1, -0.05) is 0 Å². The third-order valence-corrected chi connectivity index (χ3v) is 6.72. The van der Waals surface area contributed by atoms with E-state index in [0.717, 1.165) is 4.57 Å². The Morgan fingerprint density at radius 2 is 1.81 bits per heavy atom. The molecule has 0 saturated carbocycles. The van der Waals surface area contributed by atoms with Gasteiger partial charge in [-0.25, -0.2) is 13.9 Å². The summed E-state index contributed by atoms with van der Waals surface area (Å²) in [6, 6.07) is 1.26. The van der Waals surface area contributed by atoms with E-state index in [2.05, 4.69) is 18.3 Å². The van der Waals surface area contributed by atoms with E-state index in [1.807, 2.05) is 0 Å². The molecule has 17 heteroatoms. The third-order valence-electron chi connectivity index (χ3n) is 4.09. The molecule has 1 saturated heterocycles. The van der Waals surface area contributed by atoms with E-state index in [0.29, 0.717) is 11.0 Å². The highest BCUT2D eigenvalue weighted by molar-refractivity contribution is 7.61. The molecule has 0 aromatic carbocycles. The van der Waals surface area contributed by atoms with E-state index in [-0.39, 0.29) is 12.4 Å². The Labute approximate surface area is 177 Å². The molecule has 2 heterocycles. The summed E-state index contributed by atoms with van der Waals surface area (Å²) >= 11 is 0. The average Bonchev–Trinajstić information content (AvgIpc) is 2.86. The maximum absolute atomic E-state index is 12.0. The van der Waals surface area contributed by atoms with Crippen molar-refractivity contribution in [2.45, 2.75) is 24.5 Å². The van der Waals surface area contributed by atoms with Crippen molar-refractivity contribution >= 4 is 21.5 Å². The first kappa shape index (κ1) is 26.0. The zero-order chi connectivity index (χ0) is 23.6. The first-order valence-corrected chi connectivity index (χ1v) is 11.9. The number of likely N-dealkylation sites (N-methyl/N-ethyl adjacent to an activating group) is 1. The Morgan fingerprint density at radius 1 is 1.19 bits per heavy atom. The van der Waals surface area contributed by atoms with Gasteiger partial charge in [-0.3, -0.25) is 13.6 Å². The Kier molecular flexibility index (Phi) is 8.17. The topological polar surface area (TPSA) is 213 Å². The minimum atomic E-state index is -5.11. The molecular weight excluding hydrogens is 462 g/mol. The van der Waals surface area contributed by atoms with Crippen molar-refractivity contribution in [3.05, 3.63) is 22.7 Å². The van der Waals surface area contributed by atoms with Gasteiger partial charge in [0.15, 0.2) is 6.23 Å². The molecule has 0 amide bonds. The van der Waals surface area contributed by atoms with Crippen LogP contribution in [0.1, 0.15) is 6.23 Å². The van der Waals surface area contributed by atoms with E-state index in [4.69, 9.17) is 10.5 Å². The molecule has 0 aliphatic carbocycles. The van der Waals surface area contributed by atoms with Crippen molar-refractivity contribution in [1.82, 2.24) is 9.55 Å². The fourth-order valence-electron chi connectivity index (χ4n) is 2.49. The van der Waals surface area contributed by atoms with Gasteiger partial charge in [0, 0.05) is 6.20 Å². The van der Waals surface area contributed by atoms with Gasteiger partial charge in [-0.05, 0) is 6.07 Å². The van der Waals surface area contributed by atoms with Crippen molar-refractivity contribution < 1.29 is 51.7 Å². The highest BCUT2D eigenvalue weighted by Crippen LogP contribution is 2.60. The molecule has 2 rings (SSSR count). The molecule has 178 valence electrons. The summed E-state index contributed by atoms with van der Waals surface area (Å²) < 4.78 is 43.9. The van der Waals surface area contributed by atoms with Crippen LogP contribution >= 0.6 is 15.6 Å². The predicted octanol–water partition coefficient (Wildman–Crippen LogP) is -1.60. The lowest BCUT2D eigenvalue weighted by molar-refractivity contribution is -0.870. The van der Waals surface area contributed by atoms with Gasteiger partial charge in [0.2, 0.25) is 0 Å². The molecule has 6 atom stereocenters. The summed E-state index contributed by atoms with van der Waals surface area (Å²) in [6.45, 7) is -0.746. The molecule has 1 aromatic rings. The molecule has 1 aliphatic heterocycles. The quantitative estimate of drug-likeness (QED) is 0.185. The number of hydrogen-bond donors (Lipinski definition) is 5. The molecule has 1 fully saturated rings. The van der Waals surface area contributed by atoms with Crippen LogP contribution in [0.2, 0.25) is 0 Å². The SMILES string of the molecule is C[N+](C)(C)CCOP(=O)(O)OP(=O)(O)OC[C@H]1O[C@@H](n2ccc(N)nc2=O)[C@H](O)[C@@H]1O. The number of aliphatic hydroxyl groups excluding tert-OH is 2. The number of quaternary nitrogens is 1. The van der Waals surface area contributed by atoms with Crippen LogP contribution in [0.15, 0.2) is 17.1 Å². The molecule has 31 heavy (non-hydrogen) atoms. The number of nitrogens with zero attached hydrogens (tertiary/aromatic N) is 3. The van der Waals surface area contributed by atoms with Crippen LogP contribution in [0.5, 0.6) is 0 Å². The second-order valence-corrected chi connectivity index (χ2v) is 10.8. The number of anilines is 1. The van der Waals surface area contributed by atoms with E-state index >= 15 is 0 Å². The highest BCUT2D eigenvalue weighted by Gasteiger charge is 2.46. The molecule has 0 radical (unpaired) electrons. The number of ether oxygens (including phenoxy) is 1. The number of nitrogen functional groups attached to an aromatic ring is 1. The molecule has 0 bridgehead atoms. The molecular formula is C14H27N4O11P2+. The van der Waals surface area contributed by atoms with Crippen LogP contribution in [-0.4, -0.2) is 93.2 Å². The predicted molar refractivity (Wildman–Crippen MR) is 104 cm³/mol. The van der Waals surface area contributed by atoms with Crippen molar-refractivity contribution in [1.29, 1.82) is 0 Å². The van der Waals surface area contributed by atoms with Gasteiger partial charge in [0.25, 0.3) is 0 Å². The second kappa shape index (κ2) is 9.73. The largest absolute Gasteiger partial charge is 0.481 e. The minimum absolute atomic E-state index is 0.0652. The van der Waals surface area contributed by atoms with Crippen molar-refractivity contribution in [3.63, 3.8) is 0 Å². The third kappa shape index (κ3) is 7.70. The van der Waals surface area contributed by atoms with Gasteiger partial charge in [-0.2, -0.15) is 9.29 Å². The van der Waals surface area contributed by atoms with Crippen molar-refractivity contribution in [2.24, 2.45) is 0 Å². The number of rotatable bonds is 10. The molecule has 1 aromatic heterocycles. The van der Waals surface area contributed by atoms with E-state index in [1.54, 1.807) is 21.1 Å². The summed E-state index contributed by atoms with van der Waals surface area (Å²) in [5.41, 5.74) is 4.53. The molecule has 1 aliphatic rings. The van der Waals surface area contributed by atoms with Crippen LogP contribution in [-0.2, 0) is 27.2 Å². The number of aliphatic hydroxyl groups is 2. The fraction of sp³-hybridized carbons (Fsp3) is 0.714. The summed E-state index contributed by atoms with van der Waals surface area (Å²) in [7, 11) is -4.64. The summed E-state index contributed by atoms with van der Waals surface area (Å²) in [6.07, 6.45) is -4.82. The smallest absolute Gasteiger partial charge is 0.387 e. The van der Waals surface area contributed by atoms with Gasteiger partial charge >= 0.3 is 21.3 Å². The Hall–Kier alpha value is -1.22. The monoisotopic (exact) mass is 489 g/mol. The minimum Gasteiger partial charge on any atom is -0.387 e.